The smallest absolute Gasteiger partial charge is 0.0488 e. The first-order chi connectivity index (χ1) is 8.61. The van der Waals surface area contributed by atoms with Crippen molar-refractivity contribution in [3.63, 3.8) is 0 Å². The van der Waals surface area contributed by atoms with E-state index in [1.54, 1.807) is 0 Å². The molecule has 1 atom stereocenters. The topological polar surface area (TPSA) is 35.2 Å². The third-order valence-electron chi connectivity index (χ3n) is 2.87. The van der Waals surface area contributed by atoms with Crippen LogP contribution >= 0.6 is 15.9 Å². The van der Waals surface area contributed by atoms with Crippen molar-refractivity contribution in [2.24, 2.45) is 17.6 Å². The van der Waals surface area contributed by atoms with Crippen LogP contribution in [0.25, 0.3) is 0 Å². The van der Waals surface area contributed by atoms with Crippen molar-refractivity contribution in [1.82, 2.24) is 0 Å². The van der Waals surface area contributed by atoms with E-state index < -0.39 is 0 Å². The zero-order chi connectivity index (χ0) is 13.4. The molecule has 0 amide bonds. The number of ether oxygens (including phenoxy) is 1. The van der Waals surface area contributed by atoms with Crippen LogP contribution in [0.2, 0.25) is 0 Å². The number of hydrogen-bond acceptors (Lipinski definition) is 2. The fourth-order valence-corrected chi connectivity index (χ4v) is 2.32. The molecule has 1 aromatic carbocycles. The van der Waals surface area contributed by atoms with Gasteiger partial charge in [0.2, 0.25) is 0 Å². The van der Waals surface area contributed by atoms with Crippen molar-refractivity contribution >= 4 is 15.9 Å². The van der Waals surface area contributed by atoms with E-state index in [9.17, 15) is 0 Å². The molecule has 1 rings (SSSR count). The van der Waals surface area contributed by atoms with Crippen molar-refractivity contribution in [1.29, 1.82) is 0 Å². The molecular weight excluding hydrogens is 290 g/mol. The summed E-state index contributed by atoms with van der Waals surface area (Å²) in [7, 11) is 0. The molecule has 0 spiro atoms. The van der Waals surface area contributed by atoms with Gasteiger partial charge in [0.25, 0.3) is 0 Å². The molecule has 0 aliphatic carbocycles. The molecule has 2 nitrogen and oxygen atoms in total. The van der Waals surface area contributed by atoms with Gasteiger partial charge in [-0.05, 0) is 48.9 Å². The third-order valence-corrected chi connectivity index (χ3v) is 3.36. The second-order valence-electron chi connectivity index (χ2n) is 5.19. The van der Waals surface area contributed by atoms with E-state index >= 15 is 0 Å². The normalized spacial score (nSPS) is 12.9. The number of hydrogen-bond donors (Lipinski definition) is 1. The lowest BCUT2D eigenvalue weighted by atomic mass is 9.97. The summed E-state index contributed by atoms with van der Waals surface area (Å²) in [5.74, 6) is 1.11. The monoisotopic (exact) mass is 313 g/mol. The highest BCUT2D eigenvalue weighted by atomic mass is 79.9. The van der Waals surface area contributed by atoms with Crippen LogP contribution in [-0.2, 0) is 11.2 Å². The van der Waals surface area contributed by atoms with Gasteiger partial charge in [-0.1, -0.05) is 41.9 Å². The molecule has 0 saturated heterocycles. The van der Waals surface area contributed by atoms with E-state index in [4.69, 9.17) is 10.5 Å². The molecule has 0 fully saturated rings. The van der Waals surface area contributed by atoms with Gasteiger partial charge in [0.15, 0.2) is 0 Å². The predicted molar refractivity (Wildman–Crippen MR) is 80.7 cm³/mol. The quantitative estimate of drug-likeness (QED) is 0.744. The maximum atomic E-state index is 5.83. The van der Waals surface area contributed by atoms with Crippen LogP contribution in [0.15, 0.2) is 28.7 Å². The molecule has 102 valence electrons. The van der Waals surface area contributed by atoms with Crippen molar-refractivity contribution in [3.05, 3.63) is 34.3 Å². The molecule has 18 heavy (non-hydrogen) atoms. The molecule has 1 aromatic rings. The standard InChI is InChI=1S/C15H24BrNO/c1-12(2)11-18-7-6-14(10-17)8-13-4-3-5-15(16)9-13/h3-5,9,12,14H,6-8,10-11,17H2,1-2H3. The summed E-state index contributed by atoms with van der Waals surface area (Å²) < 4.78 is 6.76. The molecule has 0 saturated carbocycles. The molecule has 0 aliphatic heterocycles. The first-order valence-electron chi connectivity index (χ1n) is 6.64. The summed E-state index contributed by atoms with van der Waals surface area (Å²) in [6.45, 7) is 6.71. The van der Waals surface area contributed by atoms with Crippen LogP contribution in [0, 0.1) is 11.8 Å². The number of benzene rings is 1. The summed E-state index contributed by atoms with van der Waals surface area (Å²) in [6, 6.07) is 8.44. The lowest BCUT2D eigenvalue weighted by Gasteiger charge is -2.15. The van der Waals surface area contributed by atoms with Gasteiger partial charge in [-0.15, -0.1) is 0 Å². The lowest BCUT2D eigenvalue weighted by Crippen LogP contribution is -2.19. The molecule has 0 aliphatic rings. The average molecular weight is 314 g/mol. The third kappa shape index (κ3) is 6.53. The Kier molecular flexibility index (Phi) is 7.56. The van der Waals surface area contributed by atoms with E-state index in [2.05, 4.69) is 48.0 Å². The molecule has 0 bridgehead atoms. The van der Waals surface area contributed by atoms with Crippen LogP contribution in [0.5, 0.6) is 0 Å². The summed E-state index contributed by atoms with van der Waals surface area (Å²) in [6.07, 6.45) is 2.07. The van der Waals surface area contributed by atoms with E-state index in [-0.39, 0.29) is 0 Å². The van der Waals surface area contributed by atoms with Crippen molar-refractivity contribution in [2.45, 2.75) is 26.7 Å². The Morgan fingerprint density at radius 3 is 2.72 bits per heavy atom. The number of rotatable bonds is 8. The zero-order valence-corrected chi connectivity index (χ0v) is 12.9. The van der Waals surface area contributed by atoms with Crippen LogP contribution in [-0.4, -0.2) is 19.8 Å². The minimum atomic E-state index is 0.506. The van der Waals surface area contributed by atoms with Gasteiger partial charge in [-0.3, -0.25) is 0 Å². The van der Waals surface area contributed by atoms with Gasteiger partial charge in [0.1, 0.15) is 0 Å². The minimum absolute atomic E-state index is 0.506. The minimum Gasteiger partial charge on any atom is -0.381 e. The first kappa shape index (κ1) is 15.7. The van der Waals surface area contributed by atoms with Crippen LogP contribution in [0.4, 0.5) is 0 Å². The number of nitrogens with two attached hydrogens (primary N) is 1. The van der Waals surface area contributed by atoms with Crippen molar-refractivity contribution in [3.8, 4) is 0 Å². The second-order valence-corrected chi connectivity index (χ2v) is 6.11. The Hall–Kier alpha value is -0.380. The maximum Gasteiger partial charge on any atom is 0.0488 e. The molecule has 0 aromatic heterocycles. The largest absolute Gasteiger partial charge is 0.381 e. The van der Waals surface area contributed by atoms with Gasteiger partial charge in [0.05, 0.1) is 0 Å². The molecule has 0 radical (unpaired) electrons. The van der Waals surface area contributed by atoms with Gasteiger partial charge in [-0.25, -0.2) is 0 Å². The van der Waals surface area contributed by atoms with Crippen molar-refractivity contribution < 1.29 is 4.74 Å². The maximum absolute atomic E-state index is 5.83. The fraction of sp³-hybridized carbons (Fsp3) is 0.600. The molecule has 1 unspecified atom stereocenters. The van der Waals surface area contributed by atoms with Crippen molar-refractivity contribution in [2.75, 3.05) is 19.8 Å². The average Bonchev–Trinajstić information content (AvgIpc) is 2.33. The Morgan fingerprint density at radius 1 is 1.33 bits per heavy atom. The highest BCUT2D eigenvalue weighted by Crippen LogP contribution is 2.16. The Bertz CT molecular complexity index is 341. The molecule has 3 heteroatoms. The fourth-order valence-electron chi connectivity index (χ4n) is 1.87. The van der Waals surface area contributed by atoms with Gasteiger partial charge in [-0.2, -0.15) is 0 Å². The SMILES string of the molecule is CC(C)COCCC(CN)Cc1cccc(Br)c1. The Labute approximate surface area is 119 Å². The van der Waals surface area contributed by atoms with Gasteiger partial charge >= 0.3 is 0 Å². The Morgan fingerprint density at radius 2 is 2.11 bits per heavy atom. The molecule has 2 N–H and O–H groups in total. The first-order valence-corrected chi connectivity index (χ1v) is 7.43. The van der Waals surface area contributed by atoms with Gasteiger partial charge < -0.3 is 10.5 Å². The predicted octanol–water partition coefficient (Wildman–Crippen LogP) is 3.63. The summed E-state index contributed by atoms with van der Waals surface area (Å²) >= 11 is 3.50. The summed E-state index contributed by atoms with van der Waals surface area (Å²) in [4.78, 5) is 0. The van der Waals surface area contributed by atoms with E-state index in [0.29, 0.717) is 11.8 Å². The highest BCUT2D eigenvalue weighted by molar-refractivity contribution is 9.10. The zero-order valence-electron chi connectivity index (χ0n) is 11.4. The second kappa shape index (κ2) is 8.68. The van der Waals surface area contributed by atoms with E-state index in [0.717, 1.165) is 37.1 Å². The summed E-state index contributed by atoms with van der Waals surface area (Å²) in [5.41, 5.74) is 7.17. The summed E-state index contributed by atoms with van der Waals surface area (Å²) in [5, 5.41) is 0. The highest BCUT2D eigenvalue weighted by Gasteiger charge is 2.08. The van der Waals surface area contributed by atoms with Crippen LogP contribution in [0.1, 0.15) is 25.8 Å². The lowest BCUT2D eigenvalue weighted by molar-refractivity contribution is 0.0984. The van der Waals surface area contributed by atoms with E-state index in [1.165, 1.54) is 5.56 Å². The van der Waals surface area contributed by atoms with Crippen LogP contribution < -0.4 is 5.73 Å². The van der Waals surface area contributed by atoms with Gasteiger partial charge in [0, 0.05) is 17.7 Å². The Balaban J connectivity index is 2.33. The van der Waals surface area contributed by atoms with Crippen LogP contribution in [0.3, 0.4) is 0 Å². The number of halogens is 1. The molecular formula is C15H24BrNO. The van der Waals surface area contributed by atoms with E-state index in [1.807, 2.05) is 6.07 Å². The molecule has 0 heterocycles.